The van der Waals surface area contributed by atoms with Gasteiger partial charge in [-0.05, 0) is 278 Å². The van der Waals surface area contributed by atoms with Gasteiger partial charge in [-0.3, -0.25) is 0 Å². The van der Waals surface area contributed by atoms with Crippen molar-refractivity contribution in [3.05, 3.63) is 35.9 Å². The topological polar surface area (TPSA) is 0 Å². The Morgan fingerprint density at radius 1 is 0.633 bits per heavy atom. The van der Waals surface area contributed by atoms with Crippen molar-refractivity contribution < 1.29 is 4.39 Å². The molecule has 2 spiro atoms. The second-order valence-corrected chi connectivity index (χ2v) is 28.6. The number of rotatable bonds is 4. The fourth-order valence-electron chi connectivity index (χ4n) is 24.7. The molecule has 330 valence electrons. The first-order valence-electron chi connectivity index (χ1n) is 27.0. The van der Waals surface area contributed by atoms with Crippen LogP contribution in [0.5, 0.6) is 0 Å². The van der Waals surface area contributed by atoms with Crippen LogP contribution >= 0.6 is 22.6 Å². The Bertz CT molecular complexity index is 1890. The van der Waals surface area contributed by atoms with E-state index < -0.39 is 6.17 Å². The van der Waals surface area contributed by atoms with E-state index in [1.54, 1.807) is 5.56 Å². The first-order chi connectivity index (χ1) is 28.8. The molecule has 1 aromatic rings. The Kier molecular flexibility index (Phi) is 8.61. The third kappa shape index (κ3) is 4.33. The molecule has 0 aromatic heterocycles. The first-order valence-corrected chi connectivity index (χ1v) is 28.6. The summed E-state index contributed by atoms with van der Waals surface area (Å²) in [6, 6.07) is 12.0. The van der Waals surface area contributed by atoms with Crippen molar-refractivity contribution in [3.8, 4) is 0 Å². The molecule has 2 heteroatoms. The predicted octanol–water partition coefficient (Wildman–Crippen LogP) is 16.3. The van der Waals surface area contributed by atoms with Crippen LogP contribution in [0.25, 0.3) is 0 Å². The van der Waals surface area contributed by atoms with Gasteiger partial charge in [-0.25, -0.2) is 4.39 Å². The van der Waals surface area contributed by atoms with Crippen LogP contribution < -0.4 is 0 Å². The summed E-state index contributed by atoms with van der Waals surface area (Å²) in [6.07, 6.45) is 35.4. The van der Waals surface area contributed by atoms with E-state index in [-0.39, 0.29) is 16.7 Å². The smallest absolute Gasteiger partial charge is 0.107 e. The van der Waals surface area contributed by atoms with Crippen LogP contribution in [0.2, 0.25) is 0 Å². The van der Waals surface area contributed by atoms with Gasteiger partial charge in [0.15, 0.2) is 0 Å². The van der Waals surface area contributed by atoms with Gasteiger partial charge < -0.3 is 0 Å². The lowest BCUT2D eigenvalue weighted by atomic mass is 9.11. The zero-order valence-corrected chi connectivity index (χ0v) is 41.1. The van der Waals surface area contributed by atoms with Gasteiger partial charge in [0, 0.05) is 0 Å². The van der Waals surface area contributed by atoms with Crippen LogP contribution in [-0.4, -0.2) is 10.6 Å². The summed E-state index contributed by atoms with van der Waals surface area (Å²) in [7, 11) is 0. The molecule has 13 aliphatic rings. The number of alkyl halides is 2. The Hall–Kier alpha value is -0.120. The molecular weight excluding hydrogens is 843 g/mol. The normalized spacial score (nSPS) is 61.5. The van der Waals surface area contributed by atoms with Crippen molar-refractivity contribution >= 4 is 22.6 Å². The van der Waals surface area contributed by atoms with E-state index >= 15 is 4.39 Å². The van der Waals surface area contributed by atoms with Crippen LogP contribution in [0.15, 0.2) is 30.3 Å². The maximum absolute atomic E-state index is 19.4. The van der Waals surface area contributed by atoms with Gasteiger partial charge in [0.2, 0.25) is 0 Å². The first kappa shape index (κ1) is 40.2. The summed E-state index contributed by atoms with van der Waals surface area (Å²) in [5.74, 6) is 7.51. The number of hydrogen-bond acceptors (Lipinski definition) is 0. The van der Waals surface area contributed by atoms with Crippen LogP contribution in [-0.2, 0) is 6.42 Å². The lowest BCUT2D eigenvalue weighted by Crippen LogP contribution is -2.86. The lowest BCUT2D eigenvalue weighted by molar-refractivity contribution is -0.447. The maximum Gasteiger partial charge on any atom is 0.107 e. The second-order valence-electron chi connectivity index (χ2n) is 27.5. The highest BCUT2D eigenvalue weighted by molar-refractivity contribution is 14.1. The molecule has 0 aliphatic heterocycles. The van der Waals surface area contributed by atoms with Gasteiger partial charge in [-0.1, -0.05) is 94.0 Å². The fourth-order valence-corrected chi connectivity index (χ4v) is 25.3. The average Bonchev–Trinajstić information content (AvgIpc) is 3.66. The molecule has 19 unspecified atom stereocenters. The second kappa shape index (κ2) is 12.9. The minimum absolute atomic E-state index is 0.175. The molecule has 0 radical (unpaired) electrons. The predicted molar refractivity (Wildman–Crippen MR) is 253 cm³/mol. The van der Waals surface area contributed by atoms with Crippen LogP contribution in [0.3, 0.4) is 0 Å². The molecule has 8 bridgehead atoms. The third-order valence-electron chi connectivity index (χ3n) is 27.9. The third-order valence-corrected chi connectivity index (χ3v) is 28.5. The lowest BCUT2D eigenvalue weighted by Gasteiger charge is -2.93. The number of halogens is 2. The molecule has 0 nitrogen and oxygen atoms in total. The van der Waals surface area contributed by atoms with Crippen LogP contribution in [0.4, 0.5) is 4.39 Å². The van der Waals surface area contributed by atoms with E-state index in [0.717, 1.165) is 52.3 Å². The molecule has 21 atom stereocenters. The highest BCUT2D eigenvalue weighted by atomic mass is 127. The molecule has 0 amide bonds. The molecular formula is C58H84FI. The number of hydrogen-bond donors (Lipinski definition) is 0. The summed E-state index contributed by atoms with van der Waals surface area (Å²) in [4.78, 5) is 0. The molecule has 0 N–H and O–H groups in total. The Morgan fingerprint density at radius 2 is 1.33 bits per heavy atom. The van der Waals surface area contributed by atoms with Crippen molar-refractivity contribution in [1.29, 1.82) is 0 Å². The Morgan fingerprint density at radius 3 is 2.05 bits per heavy atom. The van der Waals surface area contributed by atoms with Crippen LogP contribution in [0, 0.1) is 114 Å². The minimum Gasteiger partial charge on any atom is -0.247 e. The van der Waals surface area contributed by atoms with Gasteiger partial charge in [-0.15, -0.1) is 0 Å². The molecule has 60 heavy (non-hydrogen) atoms. The van der Waals surface area contributed by atoms with E-state index in [4.69, 9.17) is 0 Å². The standard InChI is InChI=1S/C58H84FI/c1-37-31-38-11-12-41(35-57-29-28-56(57,21-15-38)52(4)25-26-53(52,57)5)48-43-33-44(47(37)48)49(59)45(17-30-60)58-36-46(43)55(58,34-40-9-7-6-8-10-40)20-14-39-13-18-54(19-16-42(58)32-39)27-23-50(2)22-24-51(50,54)3/h6-10,37-39,41-49H,11-36H2,1-5H3/t37?,38?,39?,41-,42?,43?,44?,45?,46?,47?,48-,49?,50?,51?,52?,53?,54?,55?,56?,57?,58?/m0/s1. The van der Waals surface area contributed by atoms with Gasteiger partial charge in [-0.2, -0.15) is 0 Å². The minimum atomic E-state index is -0.605. The zero-order chi connectivity index (χ0) is 40.9. The number of fused-ring (bicyclic) bond motifs is 11. The van der Waals surface area contributed by atoms with Crippen molar-refractivity contribution in [2.24, 2.45) is 114 Å². The van der Waals surface area contributed by atoms with Gasteiger partial charge in [0.25, 0.3) is 0 Å². The quantitative estimate of drug-likeness (QED) is 0.209. The molecule has 1 aromatic carbocycles. The molecule has 14 rings (SSSR count). The van der Waals surface area contributed by atoms with E-state index in [2.05, 4.69) is 87.5 Å². The number of benzene rings is 1. The summed E-state index contributed by atoms with van der Waals surface area (Å²) < 4.78 is 20.5. The van der Waals surface area contributed by atoms with Crippen molar-refractivity contribution in [2.75, 3.05) is 4.43 Å². The summed E-state index contributed by atoms with van der Waals surface area (Å²) >= 11 is 2.72. The molecule has 13 saturated carbocycles. The van der Waals surface area contributed by atoms with Gasteiger partial charge in [0.1, 0.15) is 6.17 Å². The summed E-state index contributed by atoms with van der Waals surface area (Å²) in [5, 5.41) is 0. The van der Waals surface area contributed by atoms with E-state index in [9.17, 15) is 0 Å². The van der Waals surface area contributed by atoms with Crippen molar-refractivity contribution in [2.45, 2.75) is 201 Å². The van der Waals surface area contributed by atoms with Gasteiger partial charge in [0.05, 0.1) is 0 Å². The van der Waals surface area contributed by atoms with Gasteiger partial charge >= 0.3 is 0 Å². The highest BCUT2D eigenvalue weighted by Gasteiger charge is 2.89. The molecule has 13 fully saturated rings. The molecule has 0 saturated heterocycles. The largest absolute Gasteiger partial charge is 0.247 e. The molecule has 0 heterocycles. The van der Waals surface area contributed by atoms with E-state index in [1.807, 2.05) is 0 Å². The summed E-state index contributed by atoms with van der Waals surface area (Å²) in [6.45, 7) is 13.8. The zero-order valence-electron chi connectivity index (χ0n) is 39.0. The monoisotopic (exact) mass is 927 g/mol. The Balaban J connectivity index is 0.953. The molecule has 13 aliphatic carbocycles. The van der Waals surface area contributed by atoms with Crippen LogP contribution in [0.1, 0.15) is 194 Å². The average molecular weight is 927 g/mol. The Labute approximate surface area is 380 Å². The summed E-state index contributed by atoms with van der Waals surface area (Å²) in [5.41, 5.74) is 6.09. The van der Waals surface area contributed by atoms with Crippen molar-refractivity contribution in [1.82, 2.24) is 0 Å². The van der Waals surface area contributed by atoms with E-state index in [0.29, 0.717) is 55.7 Å². The maximum atomic E-state index is 19.4. The van der Waals surface area contributed by atoms with Crippen molar-refractivity contribution in [3.63, 3.8) is 0 Å². The highest BCUT2D eigenvalue weighted by Crippen LogP contribution is 2.96. The van der Waals surface area contributed by atoms with E-state index in [1.165, 1.54) is 154 Å². The fraction of sp³-hybridized carbons (Fsp3) is 0.897. The SMILES string of the molecule is CC1CC2CC[C@@H](CC34CCC3(CC2)C2(C)CCC24C)[C@H]2C3CC(C(F)C(CCI)C45CC3C4(Cc3ccccc3)CCC3CCC4(CCC5C3)CCC3(C)CCC34C)C12.